The summed E-state index contributed by atoms with van der Waals surface area (Å²) >= 11 is 3.35. The number of halogens is 2. The molecule has 1 N–H and O–H groups in total. The first kappa shape index (κ1) is 14.5. The Kier molecular flexibility index (Phi) is 3.61. The molecule has 2 nitrogen and oxygen atoms in total. The number of benzene rings is 1. The van der Waals surface area contributed by atoms with Crippen LogP contribution in [0.5, 0.6) is 0 Å². The smallest absolute Gasteiger partial charge is 0.137 e. The summed E-state index contributed by atoms with van der Waals surface area (Å²) < 4.78 is 14.2. The summed E-state index contributed by atoms with van der Waals surface area (Å²) in [7, 11) is 0. The molecule has 0 bridgehead atoms. The summed E-state index contributed by atoms with van der Waals surface area (Å²) in [6.07, 6.45) is 3.54. The maximum absolute atomic E-state index is 13.6. The van der Waals surface area contributed by atoms with Gasteiger partial charge in [-0.3, -0.25) is 4.90 Å². The summed E-state index contributed by atoms with van der Waals surface area (Å²) in [4.78, 5) is 2.46. The van der Waals surface area contributed by atoms with E-state index < -0.39 is 0 Å². The number of dihydropyridines is 1. The van der Waals surface area contributed by atoms with Crippen LogP contribution in [0.3, 0.4) is 0 Å². The summed E-state index contributed by atoms with van der Waals surface area (Å²) in [6, 6.07) is 5.51. The fourth-order valence-corrected chi connectivity index (χ4v) is 4.44. The first-order valence-corrected chi connectivity index (χ1v) is 8.85. The molecule has 22 heavy (non-hydrogen) atoms. The van der Waals surface area contributed by atoms with E-state index in [0.717, 1.165) is 32.5 Å². The van der Waals surface area contributed by atoms with E-state index in [1.807, 2.05) is 12.1 Å². The topological polar surface area (TPSA) is 15.3 Å². The van der Waals surface area contributed by atoms with Crippen molar-refractivity contribution in [2.24, 2.45) is 0 Å². The Bertz CT molecular complexity index is 692. The number of hydrogen-bond acceptors (Lipinski definition) is 2. The molecule has 1 aromatic carbocycles. The number of hydrogen-bond donors (Lipinski definition) is 1. The highest BCUT2D eigenvalue weighted by Gasteiger charge is 2.37. The molecule has 0 aromatic heterocycles. The van der Waals surface area contributed by atoms with E-state index >= 15 is 0 Å². The molecule has 1 aliphatic carbocycles. The Labute approximate surface area is 139 Å². The van der Waals surface area contributed by atoms with Crippen LogP contribution in [0.25, 0.3) is 0 Å². The first-order chi connectivity index (χ1) is 10.7. The molecule has 2 aliphatic heterocycles. The zero-order valence-corrected chi connectivity index (χ0v) is 14.3. The predicted octanol–water partition coefficient (Wildman–Crippen LogP) is 4.30. The van der Waals surface area contributed by atoms with Crippen molar-refractivity contribution in [2.75, 3.05) is 19.6 Å². The van der Waals surface area contributed by atoms with Gasteiger partial charge >= 0.3 is 0 Å². The molecule has 116 valence electrons. The molecule has 1 unspecified atom stereocenters. The van der Waals surface area contributed by atoms with Gasteiger partial charge in [0.15, 0.2) is 0 Å². The Morgan fingerprint density at radius 3 is 2.86 bits per heavy atom. The average molecular weight is 363 g/mol. The Morgan fingerprint density at radius 1 is 1.23 bits per heavy atom. The van der Waals surface area contributed by atoms with Crippen LogP contribution >= 0.6 is 15.9 Å². The number of rotatable bonds is 2. The van der Waals surface area contributed by atoms with E-state index in [2.05, 4.69) is 33.1 Å². The Balaban J connectivity index is 1.78. The minimum absolute atomic E-state index is 0.186. The van der Waals surface area contributed by atoms with Crippen molar-refractivity contribution < 1.29 is 4.39 Å². The van der Waals surface area contributed by atoms with E-state index in [4.69, 9.17) is 0 Å². The van der Waals surface area contributed by atoms with Gasteiger partial charge in [-0.2, -0.15) is 0 Å². The van der Waals surface area contributed by atoms with Crippen molar-refractivity contribution in [1.82, 2.24) is 10.2 Å². The highest BCUT2D eigenvalue weighted by Crippen LogP contribution is 2.46. The maximum Gasteiger partial charge on any atom is 0.137 e. The van der Waals surface area contributed by atoms with Gasteiger partial charge in [-0.15, -0.1) is 0 Å². The Morgan fingerprint density at radius 2 is 2.09 bits per heavy atom. The average Bonchev–Trinajstić information content (AvgIpc) is 3.13. The summed E-state index contributed by atoms with van der Waals surface area (Å²) in [5.74, 6) is 0.149. The van der Waals surface area contributed by atoms with Crippen molar-refractivity contribution in [3.63, 3.8) is 0 Å². The van der Waals surface area contributed by atoms with Gasteiger partial charge in [0.05, 0.1) is 4.47 Å². The van der Waals surface area contributed by atoms with E-state index in [1.54, 1.807) is 6.07 Å². The molecule has 4 rings (SSSR count). The molecule has 0 saturated carbocycles. The van der Waals surface area contributed by atoms with Crippen LogP contribution in [0.1, 0.15) is 37.7 Å². The zero-order chi connectivity index (χ0) is 15.3. The van der Waals surface area contributed by atoms with Crippen molar-refractivity contribution >= 4 is 15.9 Å². The van der Waals surface area contributed by atoms with Crippen molar-refractivity contribution in [3.8, 4) is 0 Å². The fraction of sp³-hybridized carbons (Fsp3) is 0.444. The molecule has 0 spiro atoms. The van der Waals surface area contributed by atoms with E-state index in [0.29, 0.717) is 10.4 Å². The summed E-state index contributed by atoms with van der Waals surface area (Å²) in [5, 5.41) is 3.70. The van der Waals surface area contributed by atoms with Gasteiger partial charge in [-0.1, -0.05) is 13.0 Å². The third-order valence-corrected chi connectivity index (χ3v) is 5.75. The minimum Gasteiger partial charge on any atom is -0.361 e. The summed E-state index contributed by atoms with van der Waals surface area (Å²) in [6.45, 7) is 5.32. The van der Waals surface area contributed by atoms with E-state index in [9.17, 15) is 4.39 Å². The van der Waals surface area contributed by atoms with Gasteiger partial charge in [0.25, 0.3) is 0 Å². The third kappa shape index (κ3) is 2.24. The van der Waals surface area contributed by atoms with Gasteiger partial charge in [-0.25, -0.2) is 4.39 Å². The van der Waals surface area contributed by atoms with Gasteiger partial charge < -0.3 is 5.32 Å². The SMILES string of the molecule is CCN1CC2=C(C1)C(c1ccc(F)c(Br)c1)C1=C(CCC1)N2. The molecular weight excluding hydrogens is 343 g/mol. The Hall–Kier alpha value is -1.13. The zero-order valence-electron chi connectivity index (χ0n) is 12.8. The first-order valence-electron chi connectivity index (χ1n) is 8.05. The maximum atomic E-state index is 13.6. The fourth-order valence-electron chi connectivity index (χ4n) is 4.04. The summed E-state index contributed by atoms with van der Waals surface area (Å²) in [5.41, 5.74) is 7.03. The molecule has 3 aliphatic rings. The van der Waals surface area contributed by atoms with Crippen molar-refractivity contribution in [2.45, 2.75) is 32.1 Å². The largest absolute Gasteiger partial charge is 0.361 e. The number of allylic oxidation sites excluding steroid dienone is 2. The van der Waals surface area contributed by atoms with Crippen LogP contribution in [0.15, 0.2) is 45.2 Å². The van der Waals surface area contributed by atoms with Gasteiger partial charge in [0, 0.05) is 30.4 Å². The highest BCUT2D eigenvalue weighted by atomic mass is 79.9. The molecule has 2 heterocycles. The number of likely N-dealkylation sites (N-methyl/N-ethyl adjacent to an activating group) is 1. The quantitative estimate of drug-likeness (QED) is 0.843. The van der Waals surface area contributed by atoms with Crippen LogP contribution in [0, 0.1) is 5.82 Å². The van der Waals surface area contributed by atoms with E-state index in [1.165, 1.54) is 34.5 Å². The molecule has 0 radical (unpaired) electrons. The van der Waals surface area contributed by atoms with Crippen molar-refractivity contribution in [3.05, 3.63) is 56.6 Å². The normalized spacial score (nSPS) is 24.6. The lowest BCUT2D eigenvalue weighted by Gasteiger charge is -2.29. The lowest BCUT2D eigenvalue weighted by Crippen LogP contribution is -2.24. The van der Waals surface area contributed by atoms with Crippen LogP contribution < -0.4 is 5.32 Å². The van der Waals surface area contributed by atoms with Crippen LogP contribution in [-0.2, 0) is 0 Å². The molecule has 4 heteroatoms. The lowest BCUT2D eigenvalue weighted by molar-refractivity contribution is 0.360. The van der Waals surface area contributed by atoms with Gasteiger partial charge in [0.1, 0.15) is 5.82 Å². The van der Waals surface area contributed by atoms with Gasteiger partial charge in [-0.05, 0) is 70.6 Å². The molecular formula is C18H20BrFN2. The number of nitrogens with one attached hydrogen (secondary N) is 1. The lowest BCUT2D eigenvalue weighted by atomic mass is 9.81. The predicted molar refractivity (Wildman–Crippen MR) is 90.0 cm³/mol. The van der Waals surface area contributed by atoms with Crippen LogP contribution in [0.2, 0.25) is 0 Å². The third-order valence-electron chi connectivity index (χ3n) is 5.15. The van der Waals surface area contributed by atoms with Crippen LogP contribution in [-0.4, -0.2) is 24.5 Å². The molecule has 1 aromatic rings. The standard InChI is InChI=1S/C18H20BrFN2/c1-2-22-9-13-17(10-22)21-16-5-3-4-12(16)18(13)11-6-7-15(20)14(19)8-11/h6-8,18,21H,2-5,9-10H2,1H3. The minimum atomic E-state index is -0.186. The second-order valence-electron chi connectivity index (χ2n) is 6.40. The second-order valence-corrected chi connectivity index (χ2v) is 7.25. The van der Waals surface area contributed by atoms with E-state index in [-0.39, 0.29) is 5.82 Å². The number of nitrogens with zero attached hydrogens (tertiary/aromatic N) is 1. The molecule has 1 atom stereocenters. The molecule has 0 amide bonds. The molecule has 0 fully saturated rings. The van der Waals surface area contributed by atoms with Gasteiger partial charge in [0.2, 0.25) is 0 Å². The van der Waals surface area contributed by atoms with Crippen LogP contribution in [0.4, 0.5) is 4.39 Å². The highest BCUT2D eigenvalue weighted by molar-refractivity contribution is 9.10. The monoisotopic (exact) mass is 362 g/mol. The second kappa shape index (κ2) is 5.50. The molecule has 0 saturated heterocycles. The van der Waals surface area contributed by atoms with Crippen molar-refractivity contribution in [1.29, 1.82) is 0 Å².